The SMILES string of the molecule is Cn1cc(NC(=O)[C@H]2CC[C@@H](NC(=O)OCC3c4ccccc4-c4ccccc43)C2)c(C(=O)O)n1. The lowest BCUT2D eigenvalue weighted by molar-refractivity contribution is -0.119. The Hall–Kier alpha value is -4.14. The fourth-order valence-corrected chi connectivity index (χ4v) is 5.13. The fraction of sp³-hybridized carbons (Fsp3) is 0.308. The number of nitrogens with zero attached hydrogens (tertiary/aromatic N) is 2. The van der Waals surface area contributed by atoms with E-state index in [1.165, 1.54) is 22.0 Å². The molecule has 9 nitrogen and oxygen atoms in total. The number of carboxylic acid groups (broad SMARTS) is 1. The summed E-state index contributed by atoms with van der Waals surface area (Å²) in [6, 6.07) is 16.1. The average Bonchev–Trinajstić information content (AvgIpc) is 3.54. The van der Waals surface area contributed by atoms with E-state index in [-0.39, 0.29) is 41.8 Å². The molecule has 3 aromatic rings. The highest BCUT2D eigenvalue weighted by Gasteiger charge is 2.33. The van der Waals surface area contributed by atoms with Gasteiger partial charge in [-0.15, -0.1) is 0 Å². The Balaban J connectivity index is 1.15. The standard InChI is InChI=1S/C26H26N4O5/c1-30-13-22(23(29-30)25(32)33)28-24(31)15-10-11-16(12-15)27-26(34)35-14-21-19-8-4-2-6-17(19)18-7-3-5-9-20(18)21/h2-9,13,15-16,21H,10-12,14H2,1H3,(H,27,34)(H,28,31)(H,32,33)/t15-,16+/m0/s1. The Morgan fingerprint density at radius 2 is 1.71 bits per heavy atom. The van der Waals surface area contributed by atoms with Crippen LogP contribution in [0.2, 0.25) is 0 Å². The summed E-state index contributed by atoms with van der Waals surface area (Å²) < 4.78 is 6.95. The van der Waals surface area contributed by atoms with Gasteiger partial charge in [0.2, 0.25) is 5.91 Å². The molecule has 3 N–H and O–H groups in total. The van der Waals surface area contributed by atoms with Crippen LogP contribution in [-0.4, -0.2) is 45.5 Å². The number of alkyl carbamates (subject to hydrolysis) is 1. The van der Waals surface area contributed by atoms with E-state index in [4.69, 9.17) is 4.74 Å². The van der Waals surface area contributed by atoms with Gasteiger partial charge in [0.25, 0.3) is 0 Å². The van der Waals surface area contributed by atoms with Gasteiger partial charge in [-0.2, -0.15) is 5.10 Å². The molecule has 5 rings (SSSR count). The number of carboxylic acids is 1. The predicted molar refractivity (Wildman–Crippen MR) is 128 cm³/mol. The second kappa shape index (κ2) is 9.25. The van der Waals surface area contributed by atoms with Crippen LogP contribution in [0, 0.1) is 5.92 Å². The maximum atomic E-state index is 12.7. The van der Waals surface area contributed by atoms with Crippen LogP contribution in [-0.2, 0) is 16.6 Å². The second-order valence-corrected chi connectivity index (χ2v) is 9.04. The number of fused-ring (bicyclic) bond motifs is 3. The van der Waals surface area contributed by atoms with Crippen LogP contribution in [0.5, 0.6) is 0 Å². The number of nitrogens with one attached hydrogen (secondary N) is 2. The van der Waals surface area contributed by atoms with Crippen molar-refractivity contribution in [2.24, 2.45) is 13.0 Å². The molecule has 0 saturated heterocycles. The molecule has 2 amide bonds. The first-order chi connectivity index (χ1) is 16.9. The molecule has 2 atom stereocenters. The van der Waals surface area contributed by atoms with Crippen LogP contribution in [0.25, 0.3) is 11.1 Å². The number of benzene rings is 2. The van der Waals surface area contributed by atoms with E-state index in [1.807, 2.05) is 24.3 Å². The van der Waals surface area contributed by atoms with E-state index in [0.717, 1.165) is 11.1 Å². The maximum Gasteiger partial charge on any atom is 0.407 e. The number of ether oxygens (including phenoxy) is 1. The van der Waals surface area contributed by atoms with Gasteiger partial charge in [-0.1, -0.05) is 48.5 Å². The Bertz CT molecular complexity index is 1250. The summed E-state index contributed by atoms with van der Waals surface area (Å²) in [7, 11) is 1.59. The van der Waals surface area contributed by atoms with Gasteiger partial charge in [0.15, 0.2) is 5.69 Å². The molecule has 2 aliphatic rings. The van der Waals surface area contributed by atoms with Crippen molar-refractivity contribution in [2.45, 2.75) is 31.2 Å². The van der Waals surface area contributed by atoms with Gasteiger partial charge in [-0.05, 0) is 41.5 Å². The number of amides is 2. The van der Waals surface area contributed by atoms with Crippen LogP contribution in [0.15, 0.2) is 54.7 Å². The Morgan fingerprint density at radius 1 is 1.06 bits per heavy atom. The van der Waals surface area contributed by atoms with Crippen molar-refractivity contribution in [2.75, 3.05) is 11.9 Å². The first kappa shape index (κ1) is 22.6. The molecule has 0 aliphatic heterocycles. The molecule has 180 valence electrons. The quantitative estimate of drug-likeness (QED) is 0.500. The lowest BCUT2D eigenvalue weighted by atomic mass is 9.98. The van der Waals surface area contributed by atoms with Crippen LogP contribution in [0.3, 0.4) is 0 Å². The molecule has 1 fully saturated rings. The first-order valence-corrected chi connectivity index (χ1v) is 11.6. The molecule has 9 heteroatoms. The molecule has 0 spiro atoms. The first-order valence-electron chi connectivity index (χ1n) is 11.6. The van der Waals surface area contributed by atoms with Crippen molar-refractivity contribution in [3.63, 3.8) is 0 Å². The monoisotopic (exact) mass is 474 g/mol. The molecule has 35 heavy (non-hydrogen) atoms. The number of aromatic carboxylic acids is 1. The lowest BCUT2D eigenvalue weighted by Gasteiger charge is -2.17. The minimum Gasteiger partial charge on any atom is -0.476 e. The van der Waals surface area contributed by atoms with Gasteiger partial charge >= 0.3 is 12.1 Å². The molecule has 0 radical (unpaired) electrons. The molecule has 0 bridgehead atoms. The summed E-state index contributed by atoms with van der Waals surface area (Å²) in [5, 5.41) is 18.6. The molecule has 1 aromatic heterocycles. The van der Waals surface area contributed by atoms with Crippen molar-refractivity contribution in [3.8, 4) is 11.1 Å². The number of aromatic nitrogens is 2. The van der Waals surface area contributed by atoms with E-state index >= 15 is 0 Å². The van der Waals surface area contributed by atoms with Crippen molar-refractivity contribution in [1.82, 2.24) is 15.1 Å². The summed E-state index contributed by atoms with van der Waals surface area (Å²) in [5.74, 6) is -1.84. The number of carbonyl (C=O) groups excluding carboxylic acids is 2. The van der Waals surface area contributed by atoms with Crippen molar-refractivity contribution in [1.29, 1.82) is 0 Å². The van der Waals surface area contributed by atoms with E-state index in [0.29, 0.717) is 19.3 Å². The largest absolute Gasteiger partial charge is 0.476 e. The van der Waals surface area contributed by atoms with E-state index < -0.39 is 12.1 Å². The van der Waals surface area contributed by atoms with Gasteiger partial charge in [0.1, 0.15) is 6.61 Å². The summed E-state index contributed by atoms with van der Waals surface area (Å²) in [5.41, 5.74) is 4.60. The molecule has 2 aliphatic carbocycles. The fourth-order valence-electron chi connectivity index (χ4n) is 5.13. The number of rotatable bonds is 6. The van der Waals surface area contributed by atoms with Gasteiger partial charge in [0, 0.05) is 31.1 Å². The van der Waals surface area contributed by atoms with Crippen LogP contribution >= 0.6 is 0 Å². The predicted octanol–water partition coefficient (Wildman–Crippen LogP) is 3.76. The zero-order chi connectivity index (χ0) is 24.5. The second-order valence-electron chi connectivity index (χ2n) is 9.04. The Kier molecular flexibility index (Phi) is 5.98. The van der Waals surface area contributed by atoms with Crippen molar-refractivity contribution >= 4 is 23.7 Å². The minimum atomic E-state index is -1.21. The summed E-state index contributed by atoms with van der Waals surface area (Å²) >= 11 is 0. The Morgan fingerprint density at radius 3 is 2.37 bits per heavy atom. The van der Waals surface area contributed by atoms with E-state index in [1.54, 1.807) is 7.05 Å². The van der Waals surface area contributed by atoms with Gasteiger partial charge in [0.05, 0.1) is 5.69 Å². The van der Waals surface area contributed by atoms with Crippen LogP contribution in [0.4, 0.5) is 10.5 Å². The van der Waals surface area contributed by atoms with Crippen LogP contribution < -0.4 is 10.6 Å². The normalized spacial score (nSPS) is 18.5. The summed E-state index contributed by atoms with van der Waals surface area (Å²) in [6.45, 7) is 0.232. The smallest absolute Gasteiger partial charge is 0.407 e. The van der Waals surface area contributed by atoms with E-state index in [2.05, 4.69) is 40.0 Å². The third kappa shape index (κ3) is 4.49. The molecule has 2 aromatic carbocycles. The maximum absolute atomic E-state index is 12.7. The highest BCUT2D eigenvalue weighted by atomic mass is 16.5. The number of anilines is 1. The van der Waals surface area contributed by atoms with Crippen molar-refractivity contribution < 1.29 is 24.2 Å². The highest BCUT2D eigenvalue weighted by molar-refractivity contribution is 5.99. The minimum absolute atomic E-state index is 0.0156. The van der Waals surface area contributed by atoms with Crippen LogP contribution in [0.1, 0.15) is 46.8 Å². The summed E-state index contributed by atoms with van der Waals surface area (Å²) in [6.07, 6.45) is 2.64. The Labute approximate surface area is 202 Å². The van der Waals surface area contributed by atoms with Gasteiger partial charge in [-0.25, -0.2) is 9.59 Å². The zero-order valence-corrected chi connectivity index (χ0v) is 19.2. The third-order valence-corrected chi connectivity index (χ3v) is 6.76. The number of carbonyl (C=O) groups is 3. The number of hydrogen-bond donors (Lipinski definition) is 3. The number of hydrogen-bond acceptors (Lipinski definition) is 5. The lowest BCUT2D eigenvalue weighted by Crippen LogP contribution is -2.35. The molecule has 1 saturated carbocycles. The highest BCUT2D eigenvalue weighted by Crippen LogP contribution is 2.44. The molecular weight excluding hydrogens is 448 g/mol. The summed E-state index contributed by atoms with van der Waals surface area (Å²) in [4.78, 5) is 36.6. The molecule has 0 unspecified atom stereocenters. The van der Waals surface area contributed by atoms with Crippen molar-refractivity contribution in [3.05, 3.63) is 71.5 Å². The van der Waals surface area contributed by atoms with E-state index in [9.17, 15) is 19.5 Å². The molecular formula is C26H26N4O5. The third-order valence-electron chi connectivity index (χ3n) is 6.76. The van der Waals surface area contributed by atoms with Gasteiger partial charge < -0.3 is 20.5 Å². The zero-order valence-electron chi connectivity index (χ0n) is 19.2. The topological polar surface area (TPSA) is 123 Å². The molecule has 1 heterocycles. The average molecular weight is 475 g/mol. The number of aryl methyl sites for hydroxylation is 1. The van der Waals surface area contributed by atoms with Gasteiger partial charge in [-0.3, -0.25) is 9.48 Å².